The third kappa shape index (κ3) is 5.96. The molecule has 2 aromatic rings. The number of hydrogen-bond donors (Lipinski definition) is 0. The fourth-order valence-electron chi connectivity index (χ4n) is 2.15. The van der Waals surface area contributed by atoms with Crippen LogP contribution in [0.25, 0.3) is 6.08 Å². The molecule has 0 saturated heterocycles. The standard InChI is InChI=1S/C20H24O3Te/c1-4-22-20(23-5-2)19(24-18-9-7-6-8-10-18)15-16-11-13-17(21-3)14-12-16/h6-15,20H,4-5H2,1-3H3/b19-15-. The monoisotopic (exact) mass is 442 g/mol. The van der Waals surface area contributed by atoms with Crippen LogP contribution in [0, 0.1) is 0 Å². The molecule has 4 heteroatoms. The maximum absolute atomic E-state index is 5.85. The molecule has 3 nitrogen and oxygen atoms in total. The molecule has 0 saturated carbocycles. The van der Waals surface area contributed by atoms with E-state index in [-0.39, 0.29) is 6.29 Å². The van der Waals surface area contributed by atoms with Crippen molar-refractivity contribution in [2.24, 2.45) is 0 Å². The molecule has 0 radical (unpaired) electrons. The number of ether oxygens (including phenoxy) is 3. The van der Waals surface area contributed by atoms with Gasteiger partial charge < -0.3 is 0 Å². The second kappa shape index (κ2) is 10.5. The summed E-state index contributed by atoms with van der Waals surface area (Å²) < 4.78 is 19.5. The van der Waals surface area contributed by atoms with E-state index in [9.17, 15) is 0 Å². The Balaban J connectivity index is 2.30. The van der Waals surface area contributed by atoms with Crippen LogP contribution in [0.15, 0.2) is 58.2 Å². The third-order valence-electron chi connectivity index (χ3n) is 3.27. The van der Waals surface area contributed by atoms with Crippen LogP contribution in [0.1, 0.15) is 19.4 Å². The molecule has 0 aromatic heterocycles. The predicted molar refractivity (Wildman–Crippen MR) is 99.8 cm³/mol. The molecular weight excluding hydrogens is 416 g/mol. The Bertz CT molecular complexity index is 617. The van der Waals surface area contributed by atoms with Gasteiger partial charge in [-0.15, -0.1) is 0 Å². The first-order valence-corrected chi connectivity index (χ1v) is 10.4. The number of benzene rings is 2. The van der Waals surface area contributed by atoms with Crippen LogP contribution in [0.3, 0.4) is 0 Å². The second-order valence-electron chi connectivity index (χ2n) is 4.98. The summed E-state index contributed by atoms with van der Waals surface area (Å²) >= 11 is -0.571. The Morgan fingerprint density at radius 1 is 0.958 bits per heavy atom. The summed E-state index contributed by atoms with van der Waals surface area (Å²) in [5.41, 5.74) is 1.14. The van der Waals surface area contributed by atoms with E-state index in [1.807, 2.05) is 32.0 Å². The molecule has 0 aliphatic rings. The van der Waals surface area contributed by atoms with Crippen molar-refractivity contribution in [1.82, 2.24) is 0 Å². The van der Waals surface area contributed by atoms with Crippen molar-refractivity contribution in [3.8, 4) is 5.75 Å². The molecule has 0 unspecified atom stereocenters. The minimum absolute atomic E-state index is 0.273. The maximum atomic E-state index is 5.85. The van der Waals surface area contributed by atoms with Crippen molar-refractivity contribution in [1.29, 1.82) is 0 Å². The number of hydrogen-bond acceptors (Lipinski definition) is 3. The average Bonchev–Trinajstić information content (AvgIpc) is 2.62. The Labute approximate surface area is 154 Å². The van der Waals surface area contributed by atoms with Gasteiger partial charge in [0.25, 0.3) is 0 Å². The Morgan fingerprint density at radius 3 is 2.12 bits per heavy atom. The Hall–Kier alpha value is -1.31. The van der Waals surface area contributed by atoms with E-state index in [2.05, 4.69) is 42.5 Å². The molecule has 24 heavy (non-hydrogen) atoms. The third-order valence-corrected chi connectivity index (χ3v) is 6.28. The van der Waals surface area contributed by atoms with E-state index in [1.165, 1.54) is 7.23 Å². The normalized spacial score (nSPS) is 11.8. The van der Waals surface area contributed by atoms with Crippen LogP contribution in [0.4, 0.5) is 0 Å². The van der Waals surface area contributed by atoms with Crippen molar-refractivity contribution < 1.29 is 14.2 Å². The zero-order valence-electron chi connectivity index (χ0n) is 14.4. The van der Waals surface area contributed by atoms with Gasteiger partial charge in [-0.25, -0.2) is 0 Å². The van der Waals surface area contributed by atoms with Gasteiger partial charge in [-0.05, 0) is 0 Å². The molecule has 128 valence electrons. The molecule has 0 spiro atoms. The fraction of sp³-hybridized carbons (Fsp3) is 0.300. The molecule has 0 heterocycles. The van der Waals surface area contributed by atoms with Crippen LogP contribution < -0.4 is 8.35 Å². The van der Waals surface area contributed by atoms with Gasteiger partial charge in [0, 0.05) is 0 Å². The van der Waals surface area contributed by atoms with E-state index in [0.717, 1.165) is 11.3 Å². The van der Waals surface area contributed by atoms with Gasteiger partial charge in [0.1, 0.15) is 0 Å². The number of rotatable bonds is 9. The van der Waals surface area contributed by atoms with Gasteiger partial charge >= 0.3 is 155 Å². The van der Waals surface area contributed by atoms with Crippen LogP contribution in [0.5, 0.6) is 5.75 Å². The summed E-state index contributed by atoms with van der Waals surface area (Å²) in [7, 11) is 1.68. The van der Waals surface area contributed by atoms with E-state index < -0.39 is 20.9 Å². The van der Waals surface area contributed by atoms with Gasteiger partial charge in [0.05, 0.1) is 0 Å². The summed E-state index contributed by atoms with van der Waals surface area (Å²) in [4.78, 5) is 0. The van der Waals surface area contributed by atoms with Crippen molar-refractivity contribution in [2.75, 3.05) is 20.3 Å². The van der Waals surface area contributed by atoms with Crippen molar-refractivity contribution in [2.45, 2.75) is 20.1 Å². The molecule has 0 bridgehead atoms. The zero-order valence-corrected chi connectivity index (χ0v) is 16.7. The molecule has 0 aliphatic carbocycles. The molecule has 2 aromatic carbocycles. The van der Waals surface area contributed by atoms with Gasteiger partial charge in [0.15, 0.2) is 0 Å². The van der Waals surface area contributed by atoms with Crippen molar-refractivity contribution in [3.05, 3.63) is 63.8 Å². The summed E-state index contributed by atoms with van der Waals surface area (Å²) in [6.07, 6.45) is 1.93. The molecule has 0 aliphatic heterocycles. The average molecular weight is 440 g/mol. The summed E-state index contributed by atoms with van der Waals surface area (Å²) in [5.74, 6) is 0.861. The number of methoxy groups -OCH3 is 1. The van der Waals surface area contributed by atoms with Crippen LogP contribution >= 0.6 is 0 Å². The van der Waals surface area contributed by atoms with Gasteiger partial charge in [-0.1, -0.05) is 0 Å². The molecule has 0 N–H and O–H groups in total. The summed E-state index contributed by atoms with van der Waals surface area (Å²) in [5, 5.41) is 0. The van der Waals surface area contributed by atoms with Crippen LogP contribution in [-0.2, 0) is 9.47 Å². The molecule has 0 atom stereocenters. The van der Waals surface area contributed by atoms with E-state index >= 15 is 0 Å². The molecule has 0 fully saturated rings. The van der Waals surface area contributed by atoms with Gasteiger partial charge in [0.2, 0.25) is 0 Å². The van der Waals surface area contributed by atoms with E-state index in [4.69, 9.17) is 14.2 Å². The fourth-order valence-corrected chi connectivity index (χ4v) is 4.98. The predicted octanol–water partition coefficient (Wildman–Crippen LogP) is 3.46. The van der Waals surface area contributed by atoms with Crippen LogP contribution in [0.2, 0.25) is 0 Å². The summed E-state index contributed by atoms with van der Waals surface area (Å²) in [6.45, 7) is 5.26. The first-order valence-electron chi connectivity index (χ1n) is 8.08. The quantitative estimate of drug-likeness (QED) is 0.442. The van der Waals surface area contributed by atoms with E-state index in [0.29, 0.717) is 13.2 Å². The van der Waals surface area contributed by atoms with Crippen molar-refractivity contribution >= 4 is 30.6 Å². The first-order chi connectivity index (χ1) is 11.8. The molecule has 2 rings (SSSR count). The second-order valence-corrected chi connectivity index (χ2v) is 8.25. The minimum atomic E-state index is -0.571. The Kier molecular flexibility index (Phi) is 8.35. The summed E-state index contributed by atoms with van der Waals surface area (Å²) in [6, 6.07) is 18.6. The first kappa shape index (κ1) is 19.0. The van der Waals surface area contributed by atoms with Crippen LogP contribution in [-0.4, -0.2) is 47.5 Å². The van der Waals surface area contributed by atoms with Crippen molar-refractivity contribution in [3.63, 3.8) is 0 Å². The zero-order chi connectivity index (χ0) is 17.2. The molecule has 0 amide bonds. The van der Waals surface area contributed by atoms with Gasteiger partial charge in [-0.2, -0.15) is 0 Å². The SMILES string of the molecule is CCOC(OCC)/C(=C/c1ccc(OC)cc1)[Te]c1ccccc1. The topological polar surface area (TPSA) is 27.7 Å². The van der Waals surface area contributed by atoms with Gasteiger partial charge in [-0.3, -0.25) is 0 Å². The van der Waals surface area contributed by atoms with E-state index in [1.54, 1.807) is 7.11 Å². The Morgan fingerprint density at radius 2 is 1.58 bits per heavy atom. The molecular formula is C20H24O3Te.